The molecular formula is C16H35N3. The van der Waals surface area contributed by atoms with Crippen LogP contribution in [0, 0.1) is 11.8 Å². The second kappa shape index (κ2) is 7.61. The van der Waals surface area contributed by atoms with Gasteiger partial charge in [0.15, 0.2) is 0 Å². The molecule has 3 atom stereocenters. The quantitative estimate of drug-likeness (QED) is 0.770. The highest BCUT2D eigenvalue weighted by Gasteiger charge is 2.40. The Morgan fingerprint density at radius 2 is 1.84 bits per heavy atom. The molecule has 1 saturated carbocycles. The van der Waals surface area contributed by atoms with Crippen LogP contribution in [-0.4, -0.2) is 55.6 Å². The van der Waals surface area contributed by atoms with E-state index < -0.39 is 0 Å². The van der Waals surface area contributed by atoms with E-state index in [0.717, 1.165) is 24.9 Å². The molecule has 0 saturated heterocycles. The number of nitrogens with zero attached hydrogens (tertiary/aromatic N) is 2. The van der Waals surface area contributed by atoms with Crippen LogP contribution in [0.1, 0.15) is 46.5 Å². The minimum Gasteiger partial charge on any atom is -0.329 e. The van der Waals surface area contributed by atoms with Crippen LogP contribution in [0.15, 0.2) is 0 Å². The molecule has 0 heterocycles. The van der Waals surface area contributed by atoms with Gasteiger partial charge in [0.2, 0.25) is 0 Å². The van der Waals surface area contributed by atoms with Crippen LogP contribution in [0.3, 0.4) is 0 Å². The highest BCUT2D eigenvalue weighted by molar-refractivity contribution is 4.97. The van der Waals surface area contributed by atoms with Gasteiger partial charge in [-0.15, -0.1) is 0 Å². The highest BCUT2D eigenvalue weighted by Crippen LogP contribution is 2.39. The zero-order valence-corrected chi connectivity index (χ0v) is 13.8. The molecule has 0 bridgehead atoms. The van der Waals surface area contributed by atoms with Crippen LogP contribution in [0.5, 0.6) is 0 Å². The molecule has 0 aromatic carbocycles. The smallest absolute Gasteiger partial charge is 0.0334 e. The van der Waals surface area contributed by atoms with Crippen molar-refractivity contribution in [2.75, 3.05) is 40.3 Å². The van der Waals surface area contributed by atoms with E-state index in [4.69, 9.17) is 5.73 Å². The number of rotatable bonds is 7. The van der Waals surface area contributed by atoms with Crippen molar-refractivity contribution in [1.29, 1.82) is 0 Å². The number of hydrogen-bond acceptors (Lipinski definition) is 3. The molecule has 0 spiro atoms. The fourth-order valence-corrected chi connectivity index (χ4v) is 3.59. The van der Waals surface area contributed by atoms with Gasteiger partial charge in [0.05, 0.1) is 0 Å². The fourth-order valence-electron chi connectivity index (χ4n) is 3.59. The summed E-state index contributed by atoms with van der Waals surface area (Å²) in [7, 11) is 4.30. The van der Waals surface area contributed by atoms with E-state index in [1.165, 1.54) is 38.8 Å². The Balaban J connectivity index is 2.63. The van der Waals surface area contributed by atoms with Crippen LogP contribution >= 0.6 is 0 Å². The van der Waals surface area contributed by atoms with Crippen molar-refractivity contribution in [3.05, 3.63) is 0 Å². The van der Waals surface area contributed by atoms with Crippen molar-refractivity contribution in [3.63, 3.8) is 0 Å². The van der Waals surface area contributed by atoms with Crippen LogP contribution in [0.25, 0.3) is 0 Å². The predicted molar refractivity (Wildman–Crippen MR) is 84.4 cm³/mol. The molecule has 2 N–H and O–H groups in total. The third-order valence-corrected chi connectivity index (χ3v) is 5.20. The molecule has 1 aliphatic rings. The lowest BCUT2D eigenvalue weighted by atomic mass is 9.70. The SMILES string of the molecule is CCN(CCCN(C)C)C1(CN)CCC(C)C(C)C1. The van der Waals surface area contributed by atoms with Crippen molar-refractivity contribution in [3.8, 4) is 0 Å². The molecule has 114 valence electrons. The molecule has 3 nitrogen and oxygen atoms in total. The summed E-state index contributed by atoms with van der Waals surface area (Å²) in [5.74, 6) is 1.67. The van der Waals surface area contributed by atoms with Crippen molar-refractivity contribution in [2.45, 2.75) is 52.0 Å². The first kappa shape index (κ1) is 16.9. The molecule has 1 rings (SSSR count). The van der Waals surface area contributed by atoms with Gasteiger partial charge in [-0.3, -0.25) is 4.90 Å². The normalized spacial score (nSPS) is 32.2. The van der Waals surface area contributed by atoms with E-state index in [1.807, 2.05) is 0 Å². The number of nitrogens with two attached hydrogens (primary N) is 1. The summed E-state index contributed by atoms with van der Waals surface area (Å²) >= 11 is 0. The van der Waals surface area contributed by atoms with Gasteiger partial charge in [-0.2, -0.15) is 0 Å². The van der Waals surface area contributed by atoms with Gasteiger partial charge in [0.25, 0.3) is 0 Å². The minimum absolute atomic E-state index is 0.271. The lowest BCUT2D eigenvalue weighted by molar-refractivity contribution is 0.0229. The van der Waals surface area contributed by atoms with Gasteiger partial charge in [-0.25, -0.2) is 0 Å². The molecule has 3 heteroatoms. The maximum atomic E-state index is 6.20. The molecule has 19 heavy (non-hydrogen) atoms. The lowest BCUT2D eigenvalue weighted by Crippen LogP contribution is -2.57. The van der Waals surface area contributed by atoms with Gasteiger partial charge in [0.1, 0.15) is 0 Å². The summed E-state index contributed by atoms with van der Waals surface area (Å²) in [6.45, 7) is 11.4. The Morgan fingerprint density at radius 3 is 2.32 bits per heavy atom. The van der Waals surface area contributed by atoms with Crippen LogP contribution in [0.4, 0.5) is 0 Å². The Hall–Kier alpha value is -0.120. The third-order valence-electron chi connectivity index (χ3n) is 5.20. The van der Waals surface area contributed by atoms with E-state index in [2.05, 4.69) is 44.7 Å². The average molecular weight is 269 g/mol. The first-order valence-electron chi connectivity index (χ1n) is 8.05. The highest BCUT2D eigenvalue weighted by atomic mass is 15.2. The van der Waals surface area contributed by atoms with E-state index in [9.17, 15) is 0 Å². The van der Waals surface area contributed by atoms with E-state index in [0.29, 0.717) is 0 Å². The summed E-state index contributed by atoms with van der Waals surface area (Å²) in [5.41, 5.74) is 6.47. The molecule has 0 aliphatic heterocycles. The molecular weight excluding hydrogens is 234 g/mol. The maximum Gasteiger partial charge on any atom is 0.0334 e. The zero-order chi connectivity index (χ0) is 14.5. The third kappa shape index (κ3) is 4.44. The Labute approximate surface area is 120 Å². The predicted octanol–water partition coefficient (Wildman–Crippen LogP) is 2.41. The minimum atomic E-state index is 0.271. The van der Waals surface area contributed by atoms with E-state index in [1.54, 1.807) is 0 Å². The van der Waals surface area contributed by atoms with Crippen LogP contribution < -0.4 is 5.73 Å². The second-order valence-electron chi connectivity index (χ2n) is 6.86. The molecule has 0 aromatic rings. The molecule has 0 aromatic heterocycles. The zero-order valence-electron chi connectivity index (χ0n) is 13.8. The first-order valence-corrected chi connectivity index (χ1v) is 8.05. The van der Waals surface area contributed by atoms with Crippen molar-refractivity contribution in [2.24, 2.45) is 17.6 Å². The monoisotopic (exact) mass is 269 g/mol. The summed E-state index contributed by atoms with van der Waals surface area (Å²) in [4.78, 5) is 4.94. The van der Waals surface area contributed by atoms with Crippen molar-refractivity contribution in [1.82, 2.24) is 9.80 Å². The van der Waals surface area contributed by atoms with Gasteiger partial charge >= 0.3 is 0 Å². The number of likely N-dealkylation sites (N-methyl/N-ethyl adjacent to an activating group) is 1. The van der Waals surface area contributed by atoms with Crippen molar-refractivity contribution < 1.29 is 0 Å². The van der Waals surface area contributed by atoms with E-state index in [-0.39, 0.29) is 5.54 Å². The summed E-state index contributed by atoms with van der Waals surface area (Å²) in [6.07, 6.45) is 5.14. The maximum absolute atomic E-state index is 6.20. The van der Waals surface area contributed by atoms with Gasteiger partial charge < -0.3 is 10.6 Å². The van der Waals surface area contributed by atoms with Gasteiger partial charge in [-0.1, -0.05) is 20.8 Å². The van der Waals surface area contributed by atoms with E-state index >= 15 is 0 Å². The molecule has 1 fully saturated rings. The molecule has 1 aliphatic carbocycles. The van der Waals surface area contributed by atoms with Crippen LogP contribution in [-0.2, 0) is 0 Å². The summed E-state index contributed by atoms with van der Waals surface area (Å²) < 4.78 is 0. The second-order valence-corrected chi connectivity index (χ2v) is 6.86. The average Bonchev–Trinajstić information content (AvgIpc) is 2.38. The lowest BCUT2D eigenvalue weighted by Gasteiger charge is -2.49. The Bertz CT molecular complexity index is 254. The number of hydrogen-bond donors (Lipinski definition) is 1. The van der Waals surface area contributed by atoms with Crippen molar-refractivity contribution >= 4 is 0 Å². The summed E-state index contributed by atoms with van der Waals surface area (Å²) in [5, 5.41) is 0. The van der Waals surface area contributed by atoms with Crippen LogP contribution in [0.2, 0.25) is 0 Å². The Kier molecular flexibility index (Phi) is 6.78. The largest absolute Gasteiger partial charge is 0.329 e. The van der Waals surface area contributed by atoms with Gasteiger partial charge in [-0.05, 0) is 71.2 Å². The Morgan fingerprint density at radius 1 is 1.16 bits per heavy atom. The first-order chi connectivity index (χ1) is 8.95. The fraction of sp³-hybridized carbons (Fsp3) is 1.00. The molecule has 3 unspecified atom stereocenters. The molecule has 0 radical (unpaired) electrons. The summed E-state index contributed by atoms with van der Waals surface area (Å²) in [6, 6.07) is 0. The standard InChI is InChI=1S/C16H35N3/c1-6-19(11-7-10-18(4)5)16(13-17)9-8-14(2)15(3)12-16/h14-15H,6-13,17H2,1-5H3. The molecule has 0 amide bonds. The van der Waals surface area contributed by atoms with Gasteiger partial charge in [0, 0.05) is 12.1 Å². The topological polar surface area (TPSA) is 32.5 Å².